The highest BCUT2D eigenvalue weighted by atomic mass is 19.1. The SMILES string of the molecule is O=C(NC[C@H](O)c1ccccc1)c1cc(F)cc(F)c1. The van der Waals surface area contributed by atoms with Crippen LogP contribution in [0.2, 0.25) is 0 Å². The van der Waals surface area contributed by atoms with E-state index in [1.165, 1.54) is 0 Å². The van der Waals surface area contributed by atoms with Crippen molar-refractivity contribution in [2.75, 3.05) is 6.54 Å². The molecule has 0 radical (unpaired) electrons. The molecule has 0 fully saturated rings. The van der Waals surface area contributed by atoms with E-state index in [-0.39, 0.29) is 12.1 Å². The molecule has 2 aromatic rings. The number of hydrogen-bond donors (Lipinski definition) is 2. The number of hydrogen-bond acceptors (Lipinski definition) is 2. The lowest BCUT2D eigenvalue weighted by Crippen LogP contribution is -2.28. The lowest BCUT2D eigenvalue weighted by molar-refractivity contribution is 0.0915. The fourth-order valence-corrected chi connectivity index (χ4v) is 1.77. The molecule has 0 aromatic heterocycles. The number of carbonyl (C=O) groups excluding carboxylic acids is 1. The van der Waals surface area contributed by atoms with Crippen LogP contribution in [0, 0.1) is 11.6 Å². The van der Waals surface area contributed by atoms with Crippen LogP contribution >= 0.6 is 0 Å². The molecule has 20 heavy (non-hydrogen) atoms. The summed E-state index contributed by atoms with van der Waals surface area (Å²) in [5, 5.41) is 12.3. The molecular weight excluding hydrogens is 264 g/mol. The number of nitrogens with one attached hydrogen (secondary N) is 1. The standard InChI is InChI=1S/C15H13F2NO2/c16-12-6-11(7-13(17)8-12)15(20)18-9-14(19)10-4-2-1-3-5-10/h1-8,14,19H,9H2,(H,18,20)/t14-/m0/s1. The van der Waals surface area contributed by atoms with Gasteiger partial charge in [-0.25, -0.2) is 8.78 Å². The molecule has 2 N–H and O–H groups in total. The fraction of sp³-hybridized carbons (Fsp3) is 0.133. The van der Waals surface area contributed by atoms with E-state index in [0.717, 1.165) is 12.1 Å². The fourth-order valence-electron chi connectivity index (χ4n) is 1.77. The predicted octanol–water partition coefficient (Wildman–Crippen LogP) is 2.43. The van der Waals surface area contributed by atoms with Gasteiger partial charge in [0.15, 0.2) is 0 Å². The van der Waals surface area contributed by atoms with E-state index in [1.807, 2.05) is 6.07 Å². The lowest BCUT2D eigenvalue weighted by Gasteiger charge is -2.12. The zero-order valence-electron chi connectivity index (χ0n) is 10.5. The molecule has 0 aliphatic carbocycles. The number of benzene rings is 2. The Balaban J connectivity index is 1.98. The van der Waals surface area contributed by atoms with E-state index in [9.17, 15) is 18.7 Å². The maximum atomic E-state index is 13.0. The molecule has 0 spiro atoms. The second-order valence-corrected chi connectivity index (χ2v) is 4.29. The zero-order chi connectivity index (χ0) is 14.5. The average molecular weight is 277 g/mol. The van der Waals surface area contributed by atoms with Gasteiger partial charge >= 0.3 is 0 Å². The van der Waals surface area contributed by atoms with Gasteiger partial charge in [0, 0.05) is 18.2 Å². The first-order valence-corrected chi connectivity index (χ1v) is 6.03. The van der Waals surface area contributed by atoms with Gasteiger partial charge in [-0.3, -0.25) is 4.79 Å². The quantitative estimate of drug-likeness (QED) is 0.901. The number of aliphatic hydroxyl groups is 1. The smallest absolute Gasteiger partial charge is 0.251 e. The van der Waals surface area contributed by atoms with Gasteiger partial charge in [0.1, 0.15) is 11.6 Å². The van der Waals surface area contributed by atoms with Gasteiger partial charge in [-0.05, 0) is 17.7 Å². The highest BCUT2D eigenvalue weighted by molar-refractivity contribution is 5.94. The van der Waals surface area contributed by atoms with Crippen LogP contribution in [-0.4, -0.2) is 17.6 Å². The van der Waals surface area contributed by atoms with Crippen molar-refractivity contribution in [3.63, 3.8) is 0 Å². The molecule has 5 heteroatoms. The van der Waals surface area contributed by atoms with Crippen molar-refractivity contribution in [1.29, 1.82) is 0 Å². The van der Waals surface area contributed by atoms with E-state index in [4.69, 9.17) is 0 Å². The van der Waals surface area contributed by atoms with Crippen molar-refractivity contribution in [1.82, 2.24) is 5.32 Å². The minimum atomic E-state index is -0.876. The second kappa shape index (κ2) is 6.25. The maximum absolute atomic E-state index is 13.0. The summed E-state index contributed by atoms with van der Waals surface area (Å²) in [6.07, 6.45) is -0.876. The Kier molecular flexibility index (Phi) is 4.42. The summed E-state index contributed by atoms with van der Waals surface area (Å²) in [6.45, 7) is -0.0407. The third kappa shape index (κ3) is 3.61. The van der Waals surface area contributed by atoms with E-state index in [0.29, 0.717) is 11.6 Å². The maximum Gasteiger partial charge on any atom is 0.251 e. The molecule has 2 rings (SSSR count). The summed E-state index contributed by atoms with van der Waals surface area (Å²) in [4.78, 5) is 11.7. The first-order valence-electron chi connectivity index (χ1n) is 6.03. The Morgan fingerprint density at radius 2 is 1.70 bits per heavy atom. The molecule has 0 unspecified atom stereocenters. The lowest BCUT2D eigenvalue weighted by atomic mass is 10.1. The molecule has 1 atom stereocenters. The largest absolute Gasteiger partial charge is 0.387 e. The van der Waals surface area contributed by atoms with Crippen LogP contribution < -0.4 is 5.32 Å². The van der Waals surface area contributed by atoms with Crippen LogP contribution in [0.5, 0.6) is 0 Å². The third-order valence-corrected chi connectivity index (χ3v) is 2.77. The number of aliphatic hydroxyl groups excluding tert-OH is 1. The van der Waals surface area contributed by atoms with Crippen LogP contribution in [0.4, 0.5) is 8.78 Å². The normalized spacial score (nSPS) is 11.9. The first kappa shape index (κ1) is 14.1. The van der Waals surface area contributed by atoms with Gasteiger partial charge in [-0.15, -0.1) is 0 Å². The molecule has 2 aromatic carbocycles. The van der Waals surface area contributed by atoms with Gasteiger partial charge in [0.05, 0.1) is 6.10 Å². The van der Waals surface area contributed by atoms with E-state index < -0.39 is 23.6 Å². The van der Waals surface area contributed by atoms with Gasteiger partial charge in [0.25, 0.3) is 5.91 Å². The Hall–Kier alpha value is -2.27. The number of carbonyl (C=O) groups is 1. The predicted molar refractivity (Wildman–Crippen MR) is 70.1 cm³/mol. The van der Waals surface area contributed by atoms with Crippen LogP contribution in [0.1, 0.15) is 22.0 Å². The second-order valence-electron chi connectivity index (χ2n) is 4.29. The zero-order valence-corrected chi connectivity index (χ0v) is 10.5. The highest BCUT2D eigenvalue weighted by Crippen LogP contribution is 2.12. The van der Waals surface area contributed by atoms with E-state index >= 15 is 0 Å². The van der Waals surface area contributed by atoms with Crippen molar-refractivity contribution in [2.45, 2.75) is 6.10 Å². The topological polar surface area (TPSA) is 49.3 Å². The molecule has 0 aliphatic heterocycles. The Labute approximate surface area is 114 Å². The van der Waals surface area contributed by atoms with Crippen molar-refractivity contribution in [3.05, 3.63) is 71.3 Å². The summed E-state index contributed by atoms with van der Waals surface area (Å²) in [5.74, 6) is -2.28. The minimum Gasteiger partial charge on any atom is -0.387 e. The average Bonchev–Trinajstić information content (AvgIpc) is 2.44. The minimum absolute atomic E-state index is 0.0407. The molecule has 0 aliphatic rings. The van der Waals surface area contributed by atoms with Gasteiger partial charge < -0.3 is 10.4 Å². The van der Waals surface area contributed by atoms with Gasteiger partial charge in [0.2, 0.25) is 0 Å². The molecule has 104 valence electrons. The van der Waals surface area contributed by atoms with E-state index in [1.54, 1.807) is 24.3 Å². The summed E-state index contributed by atoms with van der Waals surface area (Å²) in [5.41, 5.74) is 0.529. The molecule has 0 saturated heterocycles. The number of amides is 1. The summed E-state index contributed by atoms with van der Waals surface area (Å²) in [6, 6.07) is 11.3. The third-order valence-electron chi connectivity index (χ3n) is 2.77. The van der Waals surface area contributed by atoms with Crippen molar-refractivity contribution < 1.29 is 18.7 Å². The van der Waals surface area contributed by atoms with Crippen LogP contribution in [0.15, 0.2) is 48.5 Å². The van der Waals surface area contributed by atoms with Crippen LogP contribution in [-0.2, 0) is 0 Å². The van der Waals surface area contributed by atoms with Gasteiger partial charge in [-0.2, -0.15) is 0 Å². The molecule has 0 heterocycles. The highest BCUT2D eigenvalue weighted by Gasteiger charge is 2.12. The summed E-state index contributed by atoms with van der Waals surface area (Å²) < 4.78 is 26.0. The molecule has 0 saturated carbocycles. The van der Waals surface area contributed by atoms with Crippen LogP contribution in [0.25, 0.3) is 0 Å². The molecule has 1 amide bonds. The van der Waals surface area contributed by atoms with Crippen molar-refractivity contribution >= 4 is 5.91 Å². The Bertz CT molecular complexity index is 582. The summed E-state index contributed by atoms with van der Waals surface area (Å²) >= 11 is 0. The van der Waals surface area contributed by atoms with E-state index in [2.05, 4.69) is 5.32 Å². The van der Waals surface area contributed by atoms with Crippen LogP contribution in [0.3, 0.4) is 0 Å². The monoisotopic (exact) mass is 277 g/mol. The number of halogens is 2. The molecular formula is C15H13F2NO2. The number of rotatable bonds is 4. The first-order chi connectivity index (χ1) is 9.56. The van der Waals surface area contributed by atoms with Crippen molar-refractivity contribution in [3.8, 4) is 0 Å². The van der Waals surface area contributed by atoms with Gasteiger partial charge in [-0.1, -0.05) is 30.3 Å². The van der Waals surface area contributed by atoms with Crippen molar-refractivity contribution in [2.24, 2.45) is 0 Å². The molecule has 3 nitrogen and oxygen atoms in total. The summed E-state index contributed by atoms with van der Waals surface area (Å²) in [7, 11) is 0. The molecule has 0 bridgehead atoms. The Morgan fingerprint density at radius 3 is 2.30 bits per heavy atom. The Morgan fingerprint density at radius 1 is 1.10 bits per heavy atom.